The predicted molar refractivity (Wildman–Crippen MR) is 95.0 cm³/mol. The Hall–Kier alpha value is -2.86. The van der Waals surface area contributed by atoms with Crippen molar-refractivity contribution >= 4 is 43.9 Å². The van der Waals surface area contributed by atoms with Crippen molar-refractivity contribution in [3.05, 3.63) is 59.7 Å². The first-order chi connectivity index (χ1) is 11.3. The highest BCUT2D eigenvalue weighted by Gasteiger charge is 2.07. The van der Waals surface area contributed by atoms with E-state index < -0.39 is 0 Å². The van der Waals surface area contributed by atoms with Crippen molar-refractivity contribution in [2.45, 2.75) is 6.92 Å². The molecule has 0 radical (unpaired) electrons. The van der Waals surface area contributed by atoms with Gasteiger partial charge in [0.05, 0.1) is 22.1 Å². The van der Waals surface area contributed by atoms with Crippen molar-refractivity contribution in [1.82, 2.24) is 15.2 Å². The first-order valence-corrected chi connectivity index (χ1v) is 7.99. The van der Waals surface area contributed by atoms with Crippen LogP contribution >= 0.6 is 11.3 Å². The van der Waals surface area contributed by atoms with Crippen LogP contribution in [0.2, 0.25) is 0 Å². The lowest BCUT2D eigenvalue weighted by Crippen LogP contribution is -2.01. The molecule has 0 saturated heterocycles. The Balaban J connectivity index is 1.67. The molecule has 112 valence electrons. The molecular weight excluding hydrogens is 306 g/mol. The number of nitrogens with zero attached hydrogens (tertiary/aromatic N) is 4. The van der Waals surface area contributed by atoms with Gasteiger partial charge in [-0.1, -0.05) is 36.4 Å². The van der Waals surface area contributed by atoms with Crippen molar-refractivity contribution < 1.29 is 0 Å². The Morgan fingerprint density at radius 1 is 1.09 bits per heavy atom. The number of hydrazone groups is 1. The number of hydrogen-bond acceptors (Lipinski definition) is 6. The first-order valence-electron chi connectivity index (χ1n) is 7.18. The minimum atomic E-state index is 0.642. The fraction of sp³-hybridized carbons (Fsp3) is 0.0588. The minimum Gasteiger partial charge on any atom is -0.259 e. The van der Waals surface area contributed by atoms with Gasteiger partial charge in [-0.3, -0.25) is 5.43 Å². The van der Waals surface area contributed by atoms with Gasteiger partial charge < -0.3 is 0 Å². The molecule has 2 aromatic heterocycles. The highest BCUT2D eigenvalue weighted by atomic mass is 32.1. The molecule has 0 saturated carbocycles. The summed E-state index contributed by atoms with van der Waals surface area (Å²) in [4.78, 5) is 4.60. The Bertz CT molecular complexity index is 983. The second-order valence-electron chi connectivity index (χ2n) is 5.08. The van der Waals surface area contributed by atoms with Gasteiger partial charge in [0.25, 0.3) is 0 Å². The Morgan fingerprint density at radius 2 is 1.91 bits per heavy atom. The number of aromatic nitrogens is 3. The first kappa shape index (κ1) is 13.8. The normalized spacial score (nSPS) is 12.0. The van der Waals surface area contributed by atoms with E-state index in [1.165, 1.54) is 0 Å². The number of benzene rings is 2. The lowest BCUT2D eigenvalue weighted by molar-refractivity contribution is 1.04. The third-order valence-electron chi connectivity index (χ3n) is 3.50. The molecule has 0 fully saturated rings. The summed E-state index contributed by atoms with van der Waals surface area (Å²) >= 11 is 1.63. The van der Waals surface area contributed by atoms with Crippen LogP contribution in [0.4, 0.5) is 5.82 Å². The highest BCUT2D eigenvalue weighted by molar-refractivity contribution is 7.20. The van der Waals surface area contributed by atoms with Gasteiger partial charge in [0.1, 0.15) is 5.01 Å². The molecule has 0 spiro atoms. The molecule has 0 bridgehead atoms. The third-order valence-corrected chi connectivity index (χ3v) is 4.65. The summed E-state index contributed by atoms with van der Waals surface area (Å²) in [7, 11) is 0. The van der Waals surface area contributed by atoms with E-state index >= 15 is 0 Å². The van der Waals surface area contributed by atoms with Crippen LogP contribution < -0.4 is 5.43 Å². The number of hydrogen-bond donors (Lipinski definition) is 1. The Kier molecular flexibility index (Phi) is 3.44. The molecule has 4 rings (SSSR count). The van der Waals surface area contributed by atoms with Gasteiger partial charge in [-0.15, -0.1) is 16.4 Å². The number of thiazole rings is 1. The van der Waals surface area contributed by atoms with E-state index in [0.717, 1.165) is 31.7 Å². The van der Waals surface area contributed by atoms with Gasteiger partial charge in [-0.25, -0.2) is 4.98 Å². The zero-order valence-electron chi connectivity index (χ0n) is 12.4. The molecule has 0 aliphatic heterocycles. The Labute approximate surface area is 136 Å². The maximum Gasteiger partial charge on any atom is 0.176 e. The van der Waals surface area contributed by atoms with Crippen LogP contribution in [0.1, 0.15) is 11.9 Å². The quantitative estimate of drug-likeness (QED) is 0.456. The van der Waals surface area contributed by atoms with Gasteiger partial charge in [0.15, 0.2) is 5.82 Å². The Morgan fingerprint density at radius 3 is 2.83 bits per heavy atom. The number of nitrogens with one attached hydrogen (secondary N) is 1. The second-order valence-corrected chi connectivity index (χ2v) is 6.11. The summed E-state index contributed by atoms with van der Waals surface area (Å²) in [5.74, 6) is 0.642. The molecule has 0 aliphatic rings. The van der Waals surface area contributed by atoms with E-state index in [1.54, 1.807) is 17.5 Å². The summed E-state index contributed by atoms with van der Waals surface area (Å²) in [5.41, 5.74) is 4.82. The van der Waals surface area contributed by atoms with Gasteiger partial charge in [0.2, 0.25) is 0 Å². The SMILES string of the molecule is CC(=NNc1nncc2ccccc12)c1nc2ccccc2s1. The summed E-state index contributed by atoms with van der Waals surface area (Å²) in [6.07, 6.45) is 1.74. The molecule has 0 atom stereocenters. The molecule has 2 aromatic carbocycles. The van der Waals surface area contributed by atoms with Crippen molar-refractivity contribution in [3.8, 4) is 0 Å². The largest absolute Gasteiger partial charge is 0.259 e. The van der Waals surface area contributed by atoms with E-state index in [1.807, 2.05) is 49.4 Å². The molecule has 23 heavy (non-hydrogen) atoms. The molecule has 0 aliphatic carbocycles. The fourth-order valence-electron chi connectivity index (χ4n) is 2.32. The monoisotopic (exact) mass is 319 g/mol. The van der Waals surface area contributed by atoms with E-state index in [9.17, 15) is 0 Å². The van der Waals surface area contributed by atoms with Crippen LogP contribution in [-0.4, -0.2) is 20.9 Å². The number of fused-ring (bicyclic) bond motifs is 2. The van der Waals surface area contributed by atoms with Gasteiger partial charge >= 0.3 is 0 Å². The van der Waals surface area contributed by atoms with Crippen LogP contribution in [0, 0.1) is 0 Å². The van der Waals surface area contributed by atoms with Crippen molar-refractivity contribution in [2.24, 2.45) is 5.10 Å². The van der Waals surface area contributed by atoms with Crippen molar-refractivity contribution in [2.75, 3.05) is 5.43 Å². The molecule has 2 heterocycles. The molecule has 4 aromatic rings. The van der Waals surface area contributed by atoms with E-state index in [-0.39, 0.29) is 0 Å². The van der Waals surface area contributed by atoms with Crippen molar-refractivity contribution in [1.29, 1.82) is 0 Å². The average Bonchev–Trinajstić information content (AvgIpc) is 3.04. The predicted octanol–water partition coefficient (Wildman–Crippen LogP) is 4.08. The molecule has 5 nitrogen and oxygen atoms in total. The molecule has 0 amide bonds. The smallest absolute Gasteiger partial charge is 0.176 e. The summed E-state index contributed by atoms with van der Waals surface area (Å²) in [5, 5.41) is 15.5. The second kappa shape index (κ2) is 5.73. The third kappa shape index (κ3) is 2.64. The van der Waals surface area contributed by atoms with Crippen LogP contribution in [0.3, 0.4) is 0 Å². The van der Waals surface area contributed by atoms with Gasteiger partial charge in [0, 0.05) is 10.8 Å². The van der Waals surface area contributed by atoms with E-state index in [0.29, 0.717) is 5.82 Å². The van der Waals surface area contributed by atoms with Gasteiger partial charge in [-0.05, 0) is 19.1 Å². The minimum absolute atomic E-state index is 0.642. The lowest BCUT2D eigenvalue weighted by atomic mass is 10.2. The van der Waals surface area contributed by atoms with Crippen LogP contribution in [0.15, 0.2) is 59.8 Å². The van der Waals surface area contributed by atoms with Gasteiger partial charge in [-0.2, -0.15) is 10.2 Å². The maximum atomic E-state index is 4.60. The fourth-order valence-corrected chi connectivity index (χ4v) is 3.23. The standard InChI is InChI=1S/C17H13N5S/c1-11(17-19-14-8-4-5-9-15(14)23-17)20-22-16-13-7-3-2-6-12(13)10-18-21-16/h2-10H,1H3,(H,21,22). The number of para-hydroxylation sites is 1. The highest BCUT2D eigenvalue weighted by Crippen LogP contribution is 2.23. The van der Waals surface area contributed by atoms with E-state index in [4.69, 9.17) is 0 Å². The summed E-state index contributed by atoms with van der Waals surface area (Å²) in [6.45, 7) is 1.93. The summed E-state index contributed by atoms with van der Waals surface area (Å²) in [6, 6.07) is 16.0. The number of rotatable bonds is 3. The van der Waals surface area contributed by atoms with Crippen LogP contribution in [-0.2, 0) is 0 Å². The van der Waals surface area contributed by atoms with Crippen LogP contribution in [0.25, 0.3) is 21.0 Å². The molecule has 6 heteroatoms. The lowest BCUT2D eigenvalue weighted by Gasteiger charge is -2.03. The van der Waals surface area contributed by atoms with E-state index in [2.05, 4.69) is 31.8 Å². The number of anilines is 1. The zero-order chi connectivity index (χ0) is 15.6. The molecule has 0 unspecified atom stereocenters. The molecule has 1 N–H and O–H groups in total. The zero-order valence-corrected chi connectivity index (χ0v) is 13.2. The topological polar surface area (TPSA) is 63.1 Å². The van der Waals surface area contributed by atoms with Crippen molar-refractivity contribution in [3.63, 3.8) is 0 Å². The average molecular weight is 319 g/mol. The van der Waals surface area contributed by atoms with Crippen LogP contribution in [0.5, 0.6) is 0 Å². The molecular formula is C17H13N5S. The maximum absolute atomic E-state index is 4.60. The summed E-state index contributed by atoms with van der Waals surface area (Å²) < 4.78 is 1.15.